The Morgan fingerprint density at radius 3 is 0.595 bits per heavy atom. The fourth-order valence-electron chi connectivity index (χ4n) is 1.37. The molecule has 0 aromatic rings. The number of sulfonamides is 4. The van der Waals surface area contributed by atoms with Crippen molar-refractivity contribution in [2.45, 2.75) is 82.6 Å². The van der Waals surface area contributed by atoms with E-state index in [2.05, 4.69) is 214 Å². The zero-order chi connectivity index (χ0) is 127. The summed E-state index contributed by atoms with van der Waals surface area (Å²) in [7, 11) is 44.4. The maximum Gasteiger partial charge on any atom is 0.507 e. The van der Waals surface area contributed by atoms with Crippen LogP contribution >= 0.6 is 0 Å². The molecule has 0 spiro atoms. The predicted molar refractivity (Wildman–Crippen MR) is 620 cm³/mol. The molecule has 0 aliphatic heterocycles. The van der Waals surface area contributed by atoms with Gasteiger partial charge in [0.05, 0.1) is 242 Å². The number of carboxylic acid groups (broad SMARTS) is 2. The number of nitrogens with zero attached hydrogens (tertiary/aromatic N) is 16. The fraction of sp³-hybridized carbons (Fsp3) is 0.819. The maximum atomic E-state index is 10.7. The van der Waals surface area contributed by atoms with Crippen molar-refractivity contribution in [3.8, 4) is 6.07 Å². The molecule has 0 saturated carbocycles. The van der Waals surface area contributed by atoms with Gasteiger partial charge in [0.1, 0.15) is 9.84 Å². The number of quaternary nitrogens is 4. The molecule has 2 atom stereocenters. The number of methoxy groups -OCH3 is 3. The normalized spacial score (nSPS) is 9.34. The van der Waals surface area contributed by atoms with Crippen LogP contribution in [-0.4, -0.2) is 566 Å². The number of hydrogen-bond donors (Lipinski definition) is 1. The molecule has 148 heavy (non-hydrogen) atoms. The first-order valence-electron chi connectivity index (χ1n) is 39.7. The molecule has 918 valence electrons. The molecule has 0 bridgehead atoms. The number of rotatable bonds is 6. The van der Waals surface area contributed by atoms with E-state index in [1.54, 1.807) is 82.0 Å². The largest absolute Gasteiger partial charge is 0.773 e. The van der Waals surface area contributed by atoms with E-state index in [0.29, 0.717) is 40.7 Å². The molecule has 0 fully saturated rings. The van der Waals surface area contributed by atoms with E-state index in [1.807, 2.05) is 13.8 Å². The highest BCUT2D eigenvalue weighted by molar-refractivity contribution is 8.03. The number of carbonyl (C=O) groups is 9. The first kappa shape index (κ1) is 228. The summed E-state index contributed by atoms with van der Waals surface area (Å²) in [5.74, 6) is -3.00. The molecule has 65 heteroatoms. The first-order valence-corrected chi connectivity index (χ1v) is 63.5. The van der Waals surface area contributed by atoms with Gasteiger partial charge in [-0.3, -0.25) is 45.9 Å². The lowest BCUT2D eigenvalue weighted by Crippen LogP contribution is -3.02. The van der Waals surface area contributed by atoms with Crippen LogP contribution in [0.1, 0.15) is 82.6 Å². The van der Waals surface area contributed by atoms with Gasteiger partial charge < -0.3 is 113 Å². The molecule has 0 aliphatic carbocycles. The Kier molecular flexibility index (Phi) is 229. The average Bonchev–Trinajstić information content (AvgIpc) is 0.851. The van der Waals surface area contributed by atoms with Gasteiger partial charge in [0, 0.05) is 187 Å². The monoisotopic (exact) mass is 2410 g/mol. The SMILES string of the molecule is CC#N.CC(=O)N(C)C.CC(=O)N(C)C(C)=O.CC(=O)N(C)S(C)(=O)=O.CC(=O)[O-].CC(=O)[O-].CCC.CN(C)C(=O)N(C)C.CN(C)S(C)(=O)=O.CN(S(C)(=O)=O)S(C)(=O)=O.CN=C(C)C.CN=O.COC(=O)N(C)C.COC(=O)OC.COS(C)(=O)=O.CO[N+](=O)[O-].CS(=O)[O-].CS(=O)[O-].CS(C)(=O)=O.CS(C)=O.C[N+](C)(C)C.C[N+](C)(C)C.C[N+](C)(C)C.C[NH+](C)C.C[S+](C)C.C[S+](C)C.C[S+](C)C.[C-]#[N+]C.[CH3-].[CH3-].[CH3-]. The molecule has 2 unspecified atom stereocenters. The second-order valence-corrected chi connectivity index (χ2v) is 55.9. The molecule has 0 rings (SSSR count). The fourth-order valence-corrected chi connectivity index (χ4v) is 3.80. The number of aliphatic carboxylic acids is 2. The van der Waals surface area contributed by atoms with Crippen molar-refractivity contribution < 1.29 is 172 Å². The minimum absolute atomic E-state index is 0. The second-order valence-electron chi connectivity index (χ2n) is 33.0. The lowest BCUT2D eigenvalue weighted by molar-refractivity contribution is -0.849. The molecule has 0 aliphatic rings. The summed E-state index contributed by atoms with van der Waals surface area (Å²) in [6.45, 7) is 22.8. The summed E-state index contributed by atoms with van der Waals surface area (Å²) in [5.41, 5.74) is 1.13. The van der Waals surface area contributed by atoms with Crippen LogP contribution in [0.4, 0.5) is 14.4 Å². The number of sulfone groups is 1. The van der Waals surface area contributed by atoms with E-state index >= 15 is 0 Å². The van der Waals surface area contributed by atoms with Gasteiger partial charge in [-0.05, 0) is 72.9 Å². The van der Waals surface area contributed by atoms with Crippen molar-refractivity contribution in [3.63, 3.8) is 0 Å². The third-order valence-electron chi connectivity index (χ3n) is 6.65. The van der Waals surface area contributed by atoms with Gasteiger partial charge in [0.2, 0.25) is 70.8 Å². The van der Waals surface area contributed by atoms with Crippen LogP contribution in [0.3, 0.4) is 0 Å². The Morgan fingerprint density at radius 1 is 0.466 bits per heavy atom. The molecule has 0 saturated heterocycles. The molecular weight excluding hydrogens is 2200 g/mol. The lowest BCUT2D eigenvalue weighted by atomic mass is 10.5. The minimum atomic E-state index is -3.62. The van der Waals surface area contributed by atoms with Crippen LogP contribution < -0.4 is 15.1 Å². The summed E-state index contributed by atoms with van der Waals surface area (Å²) in [5, 5.41) is 35.4. The van der Waals surface area contributed by atoms with Crippen LogP contribution in [0.2, 0.25) is 0 Å². The van der Waals surface area contributed by atoms with Crippen LogP contribution in [0, 0.1) is 55.2 Å². The number of aliphatic imine (C=N–C) groups is 1. The Balaban J connectivity index is -0.0000000332. The molecule has 0 aromatic heterocycles. The Bertz CT molecular complexity index is 3700. The summed E-state index contributed by atoms with van der Waals surface area (Å²) in [4.78, 5) is 125. The lowest BCUT2D eigenvalue weighted by Gasteiger charge is -2.16. The number of amides is 7. The summed E-state index contributed by atoms with van der Waals surface area (Å²) in [6.07, 6.45) is 32.6. The Hall–Kier alpha value is -6.88. The van der Waals surface area contributed by atoms with Crippen molar-refractivity contribution in [2.75, 3.05) is 379 Å². The van der Waals surface area contributed by atoms with E-state index < -0.39 is 122 Å². The smallest absolute Gasteiger partial charge is 0.507 e. The van der Waals surface area contributed by atoms with E-state index in [1.165, 1.54) is 129 Å². The van der Waals surface area contributed by atoms with Gasteiger partial charge in [-0.25, -0.2) is 71.7 Å². The minimum Gasteiger partial charge on any atom is -0.773 e. The highest BCUT2D eigenvalue weighted by Gasteiger charge is 2.20. The number of hydrogen-bond acceptors (Lipinski definition) is 39. The van der Waals surface area contributed by atoms with Crippen LogP contribution in [0.25, 0.3) is 4.85 Å². The number of imide groups is 1. The first-order chi connectivity index (χ1) is 63.0. The molecule has 0 radical (unpaired) electrons. The Labute approximate surface area is 919 Å². The van der Waals surface area contributed by atoms with Gasteiger partial charge in [0.15, 0.2) is 0 Å². The third-order valence-corrected chi connectivity index (χ3v) is 13.3. The van der Waals surface area contributed by atoms with Gasteiger partial charge in [-0.15, -0.1) is 10.1 Å². The van der Waals surface area contributed by atoms with E-state index in [9.17, 15) is 88.3 Å². The van der Waals surface area contributed by atoms with Crippen molar-refractivity contribution in [2.24, 2.45) is 10.2 Å². The standard InChI is InChI=1S/C5H12N2O.C5H9NO2.C4H9NO3S.C4H9NO2.C4H9NO.3C4H12N.C4H9N.C3H9NO4S2.C3H9NO2S.C3H9N.C3H6O3.3C3H9S.C3H8.2C2H3N.C2H6O3S.C2H6O2S.2C2H4O2.C2H6OS.CH3NO3.CH3NO.2CH4O2S.3CH3/c1-6(2)5(8)7(3)4;1-4(7)6(3)5(2)8;1-4(6)5(2)9(3,7)8;1-5(2)4(6)7-3;1-4(6)5(2)3;3*1-5(2,3)4;1-4(2)5-3;1-4(9(2,5)6)10(3,7)8;1-4(2)7(3,5)6;1-4(2)3;1-5-3(4)6-2;3*1-4(2)3;2*1-3-2;1-2-3;1-5-6(2,3)4;1-5(2,3)4;2*1-2(3)4;1-4(2)3;1-5-2(3)4;1-2-3;2*1-4(2)3;;;/h1-4H3;1-3H3;1-3H3;1-3H3;1-3H3;3*1-4H3;1-3H3;1-3H3;1-3H3;1-3H3;1-2H3;3*1-3H3;3H2,1-2H3;2*1H3;1-2H3;1-2H3;2*1H3,(H,3,4);1-2H3;1H3;1H3;2*1H3,(H,2,3);3*1H3/q;;;;;3*+1;;;;;;3*+1;;;;;;;;;;;;;3*-1/p-3. The third kappa shape index (κ3) is 786. The van der Waals surface area contributed by atoms with Crippen molar-refractivity contribution >= 4 is 185 Å². The topological polar surface area (TPSA) is 692 Å². The summed E-state index contributed by atoms with van der Waals surface area (Å²) < 4.78 is 189. The number of urea groups is 1. The average molecular weight is 2410 g/mol. The zero-order valence-corrected chi connectivity index (χ0v) is 114. The van der Waals surface area contributed by atoms with Crippen LogP contribution in [0.15, 0.2) is 10.2 Å². The summed E-state index contributed by atoms with van der Waals surface area (Å²) >= 11 is -3.72. The van der Waals surface area contributed by atoms with Crippen LogP contribution in [0.5, 0.6) is 0 Å². The van der Waals surface area contributed by atoms with Crippen molar-refractivity contribution in [1.82, 2.24) is 36.8 Å². The number of carbonyl (C=O) groups excluding carboxylic acids is 9. The number of nitroso groups, excluding NO2 is 1. The molecule has 7 amide bonds. The number of nitriles is 1. The number of nitrogens with one attached hydrogen (secondary N) is 1. The molecule has 0 heterocycles. The molecule has 53 nitrogen and oxygen atoms in total. The van der Waals surface area contributed by atoms with Crippen LogP contribution in [-0.2, 0) is 178 Å². The van der Waals surface area contributed by atoms with E-state index in [4.69, 9.17) is 64.2 Å². The van der Waals surface area contributed by atoms with E-state index in [0.717, 1.165) is 120 Å². The van der Waals surface area contributed by atoms with Gasteiger partial charge in [0.25, 0.3) is 15.2 Å². The molecule has 0 aromatic carbocycles. The molecule has 1 N–H and O–H groups in total. The van der Waals surface area contributed by atoms with Gasteiger partial charge in [-0.1, -0.05) is 51.3 Å². The molecular formula is C83H213N17O36S12. The van der Waals surface area contributed by atoms with E-state index in [-0.39, 0.29) is 52.1 Å². The van der Waals surface area contributed by atoms with Gasteiger partial charge >= 0.3 is 18.3 Å². The zero-order valence-electron chi connectivity index (χ0n) is 104. The second kappa shape index (κ2) is 149. The van der Waals surface area contributed by atoms with Crippen molar-refractivity contribution in [1.29, 1.82) is 5.26 Å². The predicted octanol–water partition coefficient (Wildman–Crippen LogP) is 0.916. The van der Waals surface area contributed by atoms with Gasteiger partial charge in [-0.2, -0.15) is 18.6 Å². The number of ether oxygens (including phenoxy) is 3. The highest BCUT2D eigenvalue weighted by Crippen LogP contribution is 1.99. The Morgan fingerprint density at radius 2 is 0.595 bits per heavy atom. The van der Waals surface area contributed by atoms with Crippen molar-refractivity contribution in [3.05, 3.63) is 48.7 Å². The quantitative estimate of drug-likeness (QED) is 0.0369. The summed E-state index contributed by atoms with van der Waals surface area (Å²) in [6, 6.07) is 1.77. The highest BCUT2D eigenvalue weighted by atomic mass is 32.3. The maximum absolute atomic E-state index is 10.7. The number of carboxylic acids is 2.